The van der Waals surface area contributed by atoms with Gasteiger partial charge in [0.15, 0.2) is 0 Å². The fraction of sp³-hybridized carbons (Fsp3) is 0.273. The number of benzene rings is 2. The van der Waals surface area contributed by atoms with Crippen molar-refractivity contribution in [1.29, 1.82) is 0 Å². The first kappa shape index (κ1) is 20.5. The maximum atomic E-state index is 13.4. The van der Waals surface area contributed by atoms with Crippen LogP contribution in [0.2, 0.25) is 0 Å². The molecule has 1 aliphatic rings. The Morgan fingerprint density at radius 3 is 2.70 bits per heavy atom. The van der Waals surface area contributed by atoms with Gasteiger partial charge in [-0.2, -0.15) is 4.31 Å². The summed E-state index contributed by atoms with van der Waals surface area (Å²) in [7, 11) is -3.71. The first-order chi connectivity index (χ1) is 14.4. The number of aryl methyl sites for hydroxylation is 1. The van der Waals surface area contributed by atoms with Crippen molar-refractivity contribution in [3.05, 3.63) is 72.1 Å². The lowest BCUT2D eigenvalue weighted by molar-refractivity contribution is -0.123. The second-order valence-electron chi connectivity index (χ2n) is 7.56. The zero-order valence-corrected chi connectivity index (χ0v) is 17.5. The highest BCUT2D eigenvalue weighted by Crippen LogP contribution is 2.29. The molecule has 1 amide bonds. The maximum absolute atomic E-state index is 13.4. The maximum Gasteiger partial charge on any atom is 0.243 e. The van der Waals surface area contributed by atoms with Gasteiger partial charge in [0.2, 0.25) is 15.9 Å². The molecule has 7 nitrogen and oxygen atoms in total. The number of amides is 1. The molecule has 0 saturated carbocycles. The van der Waals surface area contributed by atoms with Crippen LogP contribution in [0.1, 0.15) is 23.6 Å². The summed E-state index contributed by atoms with van der Waals surface area (Å²) in [4.78, 5) is 17.0. The molecule has 0 aliphatic carbocycles. The lowest BCUT2D eigenvalue weighted by Crippen LogP contribution is -2.42. The largest absolute Gasteiger partial charge is 0.350 e. The van der Waals surface area contributed by atoms with E-state index in [0.29, 0.717) is 18.4 Å². The number of nitrogens with one attached hydrogen (secondary N) is 1. The monoisotopic (exact) mass is 424 g/mol. The first-order valence-corrected chi connectivity index (χ1v) is 11.3. The molecule has 2 heterocycles. The minimum atomic E-state index is -3.71. The molecule has 156 valence electrons. The van der Waals surface area contributed by atoms with Crippen LogP contribution in [0.3, 0.4) is 0 Å². The number of nitrogens with two attached hydrogens (primary N) is 1. The van der Waals surface area contributed by atoms with Crippen LogP contribution in [-0.2, 0) is 14.8 Å². The Kier molecular flexibility index (Phi) is 5.55. The normalized spacial score (nSPS) is 18.4. The van der Waals surface area contributed by atoms with Crippen LogP contribution in [0.15, 0.2) is 65.8 Å². The third-order valence-electron chi connectivity index (χ3n) is 5.49. The number of hydrogen-bond acceptors (Lipinski definition) is 5. The molecule has 0 radical (unpaired) electrons. The molecule has 2 atom stereocenters. The highest BCUT2D eigenvalue weighted by atomic mass is 32.2. The fourth-order valence-corrected chi connectivity index (χ4v) is 5.68. The average Bonchev–Trinajstić information content (AvgIpc) is 3.23. The predicted octanol–water partition coefficient (Wildman–Crippen LogP) is 2.12. The Morgan fingerprint density at radius 1 is 1.17 bits per heavy atom. The van der Waals surface area contributed by atoms with Crippen molar-refractivity contribution in [2.45, 2.75) is 30.3 Å². The molecule has 0 bridgehead atoms. The molecule has 4 rings (SSSR count). The van der Waals surface area contributed by atoms with E-state index in [2.05, 4.69) is 10.3 Å². The van der Waals surface area contributed by atoms with Gasteiger partial charge in [0, 0.05) is 42.3 Å². The number of pyridine rings is 1. The molecule has 1 fully saturated rings. The summed E-state index contributed by atoms with van der Waals surface area (Å²) in [5.41, 5.74) is 7.59. The van der Waals surface area contributed by atoms with Crippen LogP contribution < -0.4 is 11.1 Å². The van der Waals surface area contributed by atoms with E-state index in [4.69, 9.17) is 5.73 Å². The number of rotatable bonds is 5. The van der Waals surface area contributed by atoms with Crippen LogP contribution in [-0.4, -0.2) is 42.7 Å². The molecule has 1 aliphatic heterocycles. The zero-order chi connectivity index (χ0) is 21.3. The predicted molar refractivity (Wildman–Crippen MR) is 115 cm³/mol. The molecule has 2 aromatic carbocycles. The molecule has 1 unspecified atom stereocenters. The number of carbonyl (C=O) groups excluding carboxylic acids is 1. The molecule has 1 saturated heterocycles. The molecular weight excluding hydrogens is 400 g/mol. The van der Waals surface area contributed by atoms with Gasteiger partial charge in [0.05, 0.1) is 4.90 Å². The highest BCUT2D eigenvalue weighted by Gasteiger charge is 2.35. The SMILES string of the molecule is Cc1cncc2cccc(S(=O)(=O)N3CC[C@@H](NC(=O)C(N)c4ccccc4)C3)c12. The summed E-state index contributed by atoms with van der Waals surface area (Å²) in [5, 5.41) is 4.37. The minimum Gasteiger partial charge on any atom is -0.350 e. The highest BCUT2D eigenvalue weighted by molar-refractivity contribution is 7.89. The Bertz CT molecular complexity index is 1180. The molecule has 8 heteroatoms. The summed E-state index contributed by atoms with van der Waals surface area (Å²) >= 11 is 0. The van der Waals surface area contributed by atoms with E-state index in [1.165, 1.54) is 4.31 Å². The van der Waals surface area contributed by atoms with Crippen molar-refractivity contribution in [2.75, 3.05) is 13.1 Å². The van der Waals surface area contributed by atoms with E-state index in [9.17, 15) is 13.2 Å². The fourth-order valence-electron chi connectivity index (χ4n) is 3.89. The van der Waals surface area contributed by atoms with Crippen molar-refractivity contribution in [3.63, 3.8) is 0 Å². The van der Waals surface area contributed by atoms with Gasteiger partial charge in [-0.1, -0.05) is 42.5 Å². The van der Waals surface area contributed by atoms with Crippen molar-refractivity contribution >= 4 is 26.7 Å². The van der Waals surface area contributed by atoms with Crippen LogP contribution in [0.5, 0.6) is 0 Å². The first-order valence-electron chi connectivity index (χ1n) is 9.82. The van der Waals surface area contributed by atoms with Crippen molar-refractivity contribution in [3.8, 4) is 0 Å². The van der Waals surface area contributed by atoms with Crippen molar-refractivity contribution < 1.29 is 13.2 Å². The molecular formula is C22H24N4O3S. The summed E-state index contributed by atoms with van der Waals surface area (Å²) in [6, 6.07) is 13.3. The van der Waals surface area contributed by atoms with E-state index in [0.717, 1.165) is 16.5 Å². The number of sulfonamides is 1. The lowest BCUT2D eigenvalue weighted by Gasteiger charge is -2.20. The van der Waals surface area contributed by atoms with Crippen LogP contribution >= 0.6 is 0 Å². The number of aromatic nitrogens is 1. The summed E-state index contributed by atoms with van der Waals surface area (Å²) in [6.07, 6.45) is 3.87. The summed E-state index contributed by atoms with van der Waals surface area (Å²) < 4.78 is 28.1. The Balaban J connectivity index is 1.51. The molecule has 1 aromatic heterocycles. The second kappa shape index (κ2) is 8.14. The third-order valence-corrected chi connectivity index (χ3v) is 7.40. The van der Waals surface area contributed by atoms with E-state index in [-0.39, 0.29) is 23.4 Å². The quantitative estimate of drug-likeness (QED) is 0.653. The van der Waals surface area contributed by atoms with Gasteiger partial charge < -0.3 is 11.1 Å². The van der Waals surface area contributed by atoms with Gasteiger partial charge in [0.1, 0.15) is 6.04 Å². The standard InChI is InChI=1S/C22H24N4O3S/c1-15-12-24-13-17-8-5-9-19(20(15)17)30(28,29)26-11-10-18(14-26)25-22(27)21(23)16-6-3-2-4-7-16/h2-9,12-13,18,21H,10-11,14,23H2,1H3,(H,25,27)/t18-,21?/m1/s1. The second-order valence-corrected chi connectivity index (χ2v) is 9.46. The average molecular weight is 425 g/mol. The van der Waals surface area contributed by atoms with E-state index >= 15 is 0 Å². The zero-order valence-electron chi connectivity index (χ0n) is 16.7. The van der Waals surface area contributed by atoms with E-state index in [1.807, 2.05) is 31.2 Å². The van der Waals surface area contributed by atoms with Gasteiger partial charge in [-0.05, 0) is 30.5 Å². The third kappa shape index (κ3) is 3.81. The van der Waals surface area contributed by atoms with Crippen LogP contribution in [0.4, 0.5) is 0 Å². The Hall–Kier alpha value is -2.81. The summed E-state index contributed by atoms with van der Waals surface area (Å²) in [6.45, 7) is 2.41. The van der Waals surface area contributed by atoms with E-state index in [1.54, 1.807) is 36.7 Å². The van der Waals surface area contributed by atoms with Gasteiger partial charge in [0.25, 0.3) is 0 Å². The minimum absolute atomic E-state index is 0.218. The molecule has 30 heavy (non-hydrogen) atoms. The molecule has 3 N–H and O–H groups in total. The topological polar surface area (TPSA) is 105 Å². The lowest BCUT2D eigenvalue weighted by atomic mass is 10.1. The van der Waals surface area contributed by atoms with Crippen molar-refractivity contribution in [1.82, 2.24) is 14.6 Å². The van der Waals surface area contributed by atoms with Crippen molar-refractivity contribution in [2.24, 2.45) is 5.73 Å². The van der Waals surface area contributed by atoms with Crippen LogP contribution in [0.25, 0.3) is 10.8 Å². The number of fused-ring (bicyclic) bond motifs is 1. The van der Waals surface area contributed by atoms with Gasteiger partial charge in [-0.3, -0.25) is 9.78 Å². The van der Waals surface area contributed by atoms with Gasteiger partial charge in [-0.25, -0.2) is 8.42 Å². The molecule has 0 spiro atoms. The summed E-state index contributed by atoms with van der Waals surface area (Å²) in [5.74, 6) is -0.308. The number of nitrogens with zero attached hydrogens (tertiary/aromatic N) is 2. The van der Waals surface area contributed by atoms with Crippen LogP contribution in [0, 0.1) is 6.92 Å². The Morgan fingerprint density at radius 2 is 1.93 bits per heavy atom. The Labute approximate surface area is 176 Å². The number of hydrogen-bond donors (Lipinski definition) is 2. The molecule has 3 aromatic rings. The number of carbonyl (C=O) groups is 1. The van der Waals surface area contributed by atoms with Gasteiger partial charge >= 0.3 is 0 Å². The van der Waals surface area contributed by atoms with E-state index < -0.39 is 16.1 Å². The van der Waals surface area contributed by atoms with Gasteiger partial charge in [-0.15, -0.1) is 0 Å². The smallest absolute Gasteiger partial charge is 0.243 e.